The van der Waals surface area contributed by atoms with Gasteiger partial charge in [0.15, 0.2) is 0 Å². The lowest BCUT2D eigenvalue weighted by molar-refractivity contribution is 0.0681. The van der Waals surface area contributed by atoms with E-state index in [9.17, 15) is 4.79 Å². The van der Waals surface area contributed by atoms with Crippen LogP contribution in [0.4, 0.5) is 0 Å². The lowest BCUT2D eigenvalue weighted by atomic mass is 10.1. The van der Waals surface area contributed by atoms with Crippen molar-refractivity contribution in [2.75, 3.05) is 20.1 Å². The molecule has 1 amide bonds. The maximum Gasteiger partial charge on any atom is 0.254 e. The van der Waals surface area contributed by atoms with Crippen molar-refractivity contribution >= 4 is 5.91 Å². The van der Waals surface area contributed by atoms with Crippen LogP contribution >= 0.6 is 0 Å². The molecule has 15 heavy (non-hydrogen) atoms. The van der Waals surface area contributed by atoms with E-state index >= 15 is 0 Å². The maximum absolute atomic E-state index is 12.0. The van der Waals surface area contributed by atoms with Gasteiger partial charge in [-0.15, -0.1) is 0 Å². The Kier molecular flexibility index (Phi) is 2.68. The van der Waals surface area contributed by atoms with Crippen LogP contribution < -0.4 is 5.32 Å². The summed E-state index contributed by atoms with van der Waals surface area (Å²) < 4.78 is 0. The van der Waals surface area contributed by atoms with E-state index in [4.69, 9.17) is 0 Å². The summed E-state index contributed by atoms with van der Waals surface area (Å²) in [6.07, 6.45) is 1.68. The summed E-state index contributed by atoms with van der Waals surface area (Å²) in [6, 6.07) is 3.93. The number of hydrogen-bond donors (Lipinski definition) is 1. The SMILES string of the molecule is Cc1cc(C(=O)N(C)C2CNC2)ccn1. The fraction of sp³-hybridized carbons (Fsp3) is 0.455. The molecule has 0 bridgehead atoms. The van der Waals surface area contributed by atoms with Gasteiger partial charge in [0.2, 0.25) is 0 Å². The third-order valence-electron chi connectivity index (χ3n) is 2.77. The predicted octanol–water partition coefficient (Wildman–Crippen LogP) is 0.434. The predicted molar refractivity (Wildman–Crippen MR) is 57.7 cm³/mol. The fourth-order valence-corrected chi connectivity index (χ4v) is 1.60. The minimum absolute atomic E-state index is 0.0759. The van der Waals surface area contributed by atoms with Crippen LogP contribution in [0.15, 0.2) is 18.3 Å². The molecule has 0 atom stereocenters. The summed E-state index contributed by atoms with van der Waals surface area (Å²) >= 11 is 0. The normalized spacial score (nSPS) is 15.9. The first-order chi connectivity index (χ1) is 7.18. The van der Waals surface area contributed by atoms with Crippen molar-refractivity contribution in [2.45, 2.75) is 13.0 Å². The average molecular weight is 205 g/mol. The summed E-state index contributed by atoms with van der Waals surface area (Å²) in [6.45, 7) is 3.68. The van der Waals surface area contributed by atoms with E-state index in [1.54, 1.807) is 17.2 Å². The molecule has 0 spiro atoms. The van der Waals surface area contributed by atoms with Crippen LogP contribution in [0.1, 0.15) is 16.1 Å². The first kappa shape index (κ1) is 10.1. The van der Waals surface area contributed by atoms with Crippen LogP contribution in [0, 0.1) is 6.92 Å². The maximum atomic E-state index is 12.0. The topological polar surface area (TPSA) is 45.2 Å². The van der Waals surface area contributed by atoms with Gasteiger partial charge in [-0.1, -0.05) is 0 Å². The van der Waals surface area contributed by atoms with Crippen LogP contribution in [0.2, 0.25) is 0 Å². The molecule has 80 valence electrons. The summed E-state index contributed by atoms with van der Waals surface area (Å²) in [5, 5.41) is 3.15. The molecule has 4 nitrogen and oxygen atoms in total. The molecule has 0 aliphatic carbocycles. The molecule has 0 saturated carbocycles. The van der Waals surface area contributed by atoms with Crippen LogP contribution in [0.3, 0.4) is 0 Å². The number of hydrogen-bond acceptors (Lipinski definition) is 3. The number of nitrogens with one attached hydrogen (secondary N) is 1. The molecule has 1 aromatic heterocycles. The molecule has 1 aromatic rings. The molecule has 1 aliphatic heterocycles. The zero-order chi connectivity index (χ0) is 10.8. The number of nitrogens with zero attached hydrogens (tertiary/aromatic N) is 2. The lowest BCUT2D eigenvalue weighted by Crippen LogP contribution is -2.57. The molecular weight excluding hydrogens is 190 g/mol. The summed E-state index contributed by atoms with van der Waals surface area (Å²) in [5.74, 6) is 0.0759. The molecule has 0 radical (unpaired) electrons. The highest BCUT2D eigenvalue weighted by molar-refractivity contribution is 5.94. The molecule has 0 aromatic carbocycles. The van der Waals surface area contributed by atoms with Crippen LogP contribution in [0.25, 0.3) is 0 Å². The molecule has 2 rings (SSSR count). The molecule has 0 unspecified atom stereocenters. The van der Waals surface area contributed by atoms with Gasteiger partial charge in [0.25, 0.3) is 5.91 Å². The van der Waals surface area contributed by atoms with Gasteiger partial charge in [-0.05, 0) is 19.1 Å². The Balaban J connectivity index is 2.12. The van der Waals surface area contributed by atoms with Crippen molar-refractivity contribution in [3.05, 3.63) is 29.6 Å². The standard InChI is InChI=1S/C11H15N3O/c1-8-5-9(3-4-13-8)11(15)14(2)10-6-12-7-10/h3-5,10,12H,6-7H2,1-2H3. The van der Waals surface area contributed by atoms with Crippen molar-refractivity contribution < 1.29 is 4.79 Å². The number of rotatable bonds is 2. The second-order valence-electron chi connectivity index (χ2n) is 3.91. The van der Waals surface area contributed by atoms with Crippen LogP contribution in [0.5, 0.6) is 0 Å². The van der Waals surface area contributed by atoms with Gasteiger partial charge >= 0.3 is 0 Å². The number of amides is 1. The first-order valence-corrected chi connectivity index (χ1v) is 5.09. The second kappa shape index (κ2) is 3.98. The van der Waals surface area contributed by atoms with Crippen molar-refractivity contribution in [3.63, 3.8) is 0 Å². The van der Waals surface area contributed by atoms with E-state index in [1.165, 1.54) is 0 Å². The zero-order valence-corrected chi connectivity index (χ0v) is 9.03. The van der Waals surface area contributed by atoms with E-state index in [0.717, 1.165) is 24.3 Å². The summed E-state index contributed by atoms with van der Waals surface area (Å²) in [7, 11) is 1.85. The van der Waals surface area contributed by atoms with Gasteiger partial charge in [0.1, 0.15) is 0 Å². The Hall–Kier alpha value is -1.42. The smallest absolute Gasteiger partial charge is 0.254 e. The third kappa shape index (κ3) is 1.99. The molecule has 1 saturated heterocycles. The molecule has 4 heteroatoms. The molecule has 2 heterocycles. The number of carbonyl (C=O) groups is 1. The highest BCUT2D eigenvalue weighted by atomic mass is 16.2. The van der Waals surface area contributed by atoms with Crippen molar-refractivity contribution in [1.29, 1.82) is 0 Å². The minimum atomic E-state index is 0.0759. The number of likely N-dealkylation sites (N-methyl/N-ethyl adjacent to an activating group) is 1. The Morgan fingerprint density at radius 3 is 2.87 bits per heavy atom. The zero-order valence-electron chi connectivity index (χ0n) is 9.03. The van der Waals surface area contributed by atoms with E-state index in [2.05, 4.69) is 10.3 Å². The van der Waals surface area contributed by atoms with Gasteiger partial charge in [-0.2, -0.15) is 0 Å². The molecule has 1 N–H and O–H groups in total. The third-order valence-corrected chi connectivity index (χ3v) is 2.77. The molecule has 1 aliphatic rings. The van der Waals surface area contributed by atoms with Crippen molar-refractivity contribution in [1.82, 2.24) is 15.2 Å². The fourth-order valence-electron chi connectivity index (χ4n) is 1.60. The van der Waals surface area contributed by atoms with E-state index in [0.29, 0.717) is 6.04 Å². The Labute approximate surface area is 89.3 Å². The Morgan fingerprint density at radius 2 is 2.33 bits per heavy atom. The Bertz CT molecular complexity index is 374. The highest BCUT2D eigenvalue weighted by Gasteiger charge is 2.25. The Morgan fingerprint density at radius 1 is 1.60 bits per heavy atom. The monoisotopic (exact) mass is 205 g/mol. The summed E-state index contributed by atoms with van der Waals surface area (Å²) in [4.78, 5) is 17.9. The van der Waals surface area contributed by atoms with Crippen LogP contribution in [-0.2, 0) is 0 Å². The van der Waals surface area contributed by atoms with Gasteiger partial charge in [-0.3, -0.25) is 9.78 Å². The number of aryl methyl sites for hydroxylation is 1. The van der Waals surface area contributed by atoms with E-state index in [1.807, 2.05) is 20.0 Å². The number of aromatic nitrogens is 1. The van der Waals surface area contributed by atoms with Crippen molar-refractivity contribution in [3.8, 4) is 0 Å². The summed E-state index contributed by atoms with van der Waals surface area (Å²) in [5.41, 5.74) is 1.60. The average Bonchev–Trinajstić information content (AvgIpc) is 2.14. The minimum Gasteiger partial charge on any atom is -0.336 e. The largest absolute Gasteiger partial charge is 0.336 e. The molecule has 1 fully saturated rings. The number of carbonyl (C=O) groups excluding carboxylic acids is 1. The first-order valence-electron chi connectivity index (χ1n) is 5.09. The lowest BCUT2D eigenvalue weighted by Gasteiger charge is -2.35. The van der Waals surface area contributed by atoms with E-state index < -0.39 is 0 Å². The van der Waals surface area contributed by atoms with E-state index in [-0.39, 0.29) is 5.91 Å². The number of pyridine rings is 1. The second-order valence-corrected chi connectivity index (χ2v) is 3.91. The van der Waals surface area contributed by atoms with Gasteiger partial charge in [0, 0.05) is 37.6 Å². The van der Waals surface area contributed by atoms with Gasteiger partial charge in [0.05, 0.1) is 6.04 Å². The van der Waals surface area contributed by atoms with Crippen LogP contribution in [-0.4, -0.2) is 42.0 Å². The van der Waals surface area contributed by atoms with Gasteiger partial charge in [-0.25, -0.2) is 0 Å². The van der Waals surface area contributed by atoms with Gasteiger partial charge < -0.3 is 10.2 Å². The van der Waals surface area contributed by atoms with Crippen molar-refractivity contribution in [2.24, 2.45) is 0 Å². The highest BCUT2D eigenvalue weighted by Crippen LogP contribution is 2.09. The quantitative estimate of drug-likeness (QED) is 0.761. The molecular formula is C11H15N3O.